The van der Waals surface area contributed by atoms with E-state index in [1.165, 1.54) is 24.3 Å². The van der Waals surface area contributed by atoms with Crippen molar-refractivity contribution in [3.63, 3.8) is 0 Å². The summed E-state index contributed by atoms with van der Waals surface area (Å²) < 4.78 is 24.1. The first-order chi connectivity index (χ1) is 15.5. The first-order valence-corrected chi connectivity index (χ1v) is 10.2. The molecule has 0 aromatic heterocycles. The molecule has 0 saturated heterocycles. The molecule has 0 fully saturated rings. The van der Waals surface area contributed by atoms with Crippen molar-refractivity contribution in [1.82, 2.24) is 0 Å². The van der Waals surface area contributed by atoms with Gasteiger partial charge in [0.2, 0.25) is 0 Å². The van der Waals surface area contributed by atoms with Gasteiger partial charge in [0.15, 0.2) is 6.10 Å². The van der Waals surface area contributed by atoms with Crippen molar-refractivity contribution in [3.05, 3.63) is 103 Å². The molecule has 32 heavy (non-hydrogen) atoms. The third kappa shape index (κ3) is 7.96. The molecule has 0 saturated carbocycles. The smallest absolute Gasteiger partial charge is 0.311 e. The molecule has 0 bridgehead atoms. The highest BCUT2D eigenvalue weighted by Crippen LogP contribution is 2.19. The molecule has 3 unspecified atom stereocenters. The van der Waals surface area contributed by atoms with E-state index in [1.807, 2.05) is 25.2 Å². The van der Waals surface area contributed by atoms with Gasteiger partial charge in [0.05, 0.1) is 12.5 Å². The number of hydrogen-bond acceptors (Lipinski definition) is 4. The number of anilines is 1. The summed E-state index contributed by atoms with van der Waals surface area (Å²) in [6.07, 6.45) is 16.3. The molecule has 168 valence electrons. The minimum atomic E-state index is -1.13. The van der Waals surface area contributed by atoms with Crippen molar-refractivity contribution in [2.75, 3.05) is 12.4 Å². The van der Waals surface area contributed by atoms with Crippen molar-refractivity contribution in [3.8, 4) is 0 Å². The Hall–Kier alpha value is -3.51. The zero-order valence-electron chi connectivity index (χ0n) is 18.2. The normalized spacial score (nSPS) is 17.6. The van der Waals surface area contributed by atoms with Crippen LogP contribution in [-0.2, 0) is 19.1 Å². The van der Waals surface area contributed by atoms with E-state index in [1.54, 1.807) is 49.6 Å². The molecule has 1 aromatic rings. The Morgan fingerprint density at radius 1 is 1.22 bits per heavy atom. The first-order valence-electron chi connectivity index (χ1n) is 10.2. The van der Waals surface area contributed by atoms with Gasteiger partial charge in [-0.15, -0.1) is 0 Å². The van der Waals surface area contributed by atoms with Gasteiger partial charge in [0.1, 0.15) is 5.82 Å². The third-order valence-corrected chi connectivity index (χ3v) is 4.59. The standard InChI is InChI=1S/C26H28FNO4/c1-4-6-10-20(8-5-2)25(26(30)28-22-15-13-21(27)14-16-22)32-24(29)18-19-9-7-11-23(31-3)17-12-19/h4-17,20,23,25H,1,18H2,2-3H3,(H,28,30)/b8-5-,10-6+. The number of hydrogen-bond donors (Lipinski definition) is 1. The molecular weight excluding hydrogens is 409 g/mol. The Morgan fingerprint density at radius 2 is 1.97 bits per heavy atom. The van der Waals surface area contributed by atoms with Gasteiger partial charge in [-0.25, -0.2) is 4.39 Å². The number of carbonyl (C=O) groups excluding carboxylic acids is 2. The summed E-state index contributed by atoms with van der Waals surface area (Å²) >= 11 is 0. The summed E-state index contributed by atoms with van der Waals surface area (Å²) in [6, 6.07) is 5.36. The number of ether oxygens (including phenoxy) is 2. The highest BCUT2D eigenvalue weighted by Gasteiger charge is 2.29. The Labute approximate surface area is 188 Å². The highest BCUT2D eigenvalue weighted by atomic mass is 19.1. The molecule has 5 nitrogen and oxygen atoms in total. The Balaban J connectivity index is 2.20. The van der Waals surface area contributed by atoms with Crippen LogP contribution in [0.2, 0.25) is 0 Å². The SMILES string of the molecule is C=C/C=C/C(/C=C\C)C(OC(=O)CC1=CC=CC(OC)C=C1)C(=O)Nc1ccc(F)cc1. The summed E-state index contributed by atoms with van der Waals surface area (Å²) in [6.45, 7) is 5.46. The molecule has 3 atom stereocenters. The molecule has 0 aliphatic heterocycles. The summed E-state index contributed by atoms with van der Waals surface area (Å²) in [7, 11) is 1.60. The Morgan fingerprint density at radius 3 is 2.62 bits per heavy atom. The van der Waals surface area contributed by atoms with E-state index in [9.17, 15) is 14.0 Å². The monoisotopic (exact) mass is 437 g/mol. The molecule has 2 rings (SSSR count). The lowest BCUT2D eigenvalue weighted by Crippen LogP contribution is -2.37. The number of methoxy groups -OCH3 is 1. The van der Waals surface area contributed by atoms with Gasteiger partial charge in [-0.2, -0.15) is 0 Å². The van der Waals surface area contributed by atoms with Crippen LogP contribution in [-0.4, -0.2) is 31.2 Å². The van der Waals surface area contributed by atoms with Crippen LogP contribution in [0.4, 0.5) is 10.1 Å². The van der Waals surface area contributed by atoms with Crippen molar-refractivity contribution in [2.45, 2.75) is 25.6 Å². The van der Waals surface area contributed by atoms with Crippen LogP contribution in [0.3, 0.4) is 0 Å². The van der Waals surface area contributed by atoms with Gasteiger partial charge in [0.25, 0.3) is 5.91 Å². The van der Waals surface area contributed by atoms with Crippen LogP contribution in [0.25, 0.3) is 0 Å². The van der Waals surface area contributed by atoms with Gasteiger partial charge in [-0.05, 0) is 36.8 Å². The fourth-order valence-corrected chi connectivity index (χ4v) is 3.00. The van der Waals surface area contributed by atoms with Crippen LogP contribution in [0.1, 0.15) is 13.3 Å². The molecule has 1 N–H and O–H groups in total. The molecule has 6 heteroatoms. The maximum Gasteiger partial charge on any atom is 0.311 e. The fraction of sp³-hybridized carbons (Fsp3) is 0.231. The van der Waals surface area contributed by atoms with Gasteiger partial charge in [0, 0.05) is 18.7 Å². The second kappa shape index (κ2) is 13.0. The van der Waals surface area contributed by atoms with Gasteiger partial charge in [-0.1, -0.05) is 67.3 Å². The van der Waals surface area contributed by atoms with Crippen molar-refractivity contribution < 1.29 is 23.5 Å². The summed E-state index contributed by atoms with van der Waals surface area (Å²) in [5.74, 6) is -2.00. The van der Waals surface area contributed by atoms with Crippen LogP contribution in [0.5, 0.6) is 0 Å². The van der Waals surface area contributed by atoms with E-state index >= 15 is 0 Å². The largest absolute Gasteiger partial charge is 0.451 e. The molecule has 0 radical (unpaired) electrons. The lowest BCUT2D eigenvalue weighted by molar-refractivity contribution is -0.154. The number of carbonyl (C=O) groups is 2. The average Bonchev–Trinajstić information content (AvgIpc) is 3.01. The molecule has 1 aliphatic rings. The number of allylic oxidation sites excluding steroid dienone is 6. The predicted molar refractivity (Wildman–Crippen MR) is 124 cm³/mol. The average molecular weight is 438 g/mol. The van der Waals surface area contributed by atoms with Gasteiger partial charge < -0.3 is 14.8 Å². The summed E-state index contributed by atoms with van der Waals surface area (Å²) in [4.78, 5) is 25.7. The number of nitrogens with one attached hydrogen (secondary N) is 1. The van der Waals surface area contributed by atoms with E-state index in [-0.39, 0.29) is 12.5 Å². The van der Waals surface area contributed by atoms with Crippen LogP contribution in [0, 0.1) is 11.7 Å². The number of halogens is 1. The zero-order chi connectivity index (χ0) is 23.3. The van der Waals surface area contributed by atoms with Crippen molar-refractivity contribution >= 4 is 17.6 Å². The van der Waals surface area contributed by atoms with Crippen molar-refractivity contribution in [2.24, 2.45) is 5.92 Å². The summed E-state index contributed by atoms with van der Waals surface area (Å²) in [5, 5.41) is 2.68. The lowest BCUT2D eigenvalue weighted by Gasteiger charge is -2.22. The third-order valence-electron chi connectivity index (χ3n) is 4.59. The topological polar surface area (TPSA) is 64.6 Å². The Bertz CT molecular complexity index is 941. The van der Waals surface area contributed by atoms with Crippen molar-refractivity contribution in [1.29, 1.82) is 0 Å². The van der Waals surface area contributed by atoms with Gasteiger partial charge in [-0.3, -0.25) is 9.59 Å². The lowest BCUT2D eigenvalue weighted by atomic mass is 9.99. The number of benzene rings is 1. The highest BCUT2D eigenvalue weighted by molar-refractivity contribution is 5.96. The Kier molecular flexibility index (Phi) is 10.1. The molecule has 1 amide bonds. The molecule has 1 aliphatic carbocycles. The van der Waals surface area contributed by atoms with E-state index in [0.717, 1.165) is 5.57 Å². The second-order valence-corrected chi connectivity index (χ2v) is 6.99. The number of rotatable bonds is 10. The maximum absolute atomic E-state index is 13.2. The number of amides is 1. The summed E-state index contributed by atoms with van der Waals surface area (Å²) in [5.41, 5.74) is 1.13. The van der Waals surface area contributed by atoms with E-state index in [4.69, 9.17) is 9.47 Å². The predicted octanol–water partition coefficient (Wildman–Crippen LogP) is 5.07. The fourth-order valence-electron chi connectivity index (χ4n) is 3.00. The van der Waals surface area contributed by atoms with Gasteiger partial charge >= 0.3 is 5.97 Å². The minimum Gasteiger partial charge on any atom is -0.451 e. The molecular formula is C26H28FNO4. The minimum absolute atomic E-state index is 0.00860. The van der Waals surface area contributed by atoms with Crippen LogP contribution >= 0.6 is 0 Å². The quantitative estimate of drug-likeness (QED) is 0.315. The molecule has 0 heterocycles. The zero-order valence-corrected chi connectivity index (χ0v) is 18.2. The number of esters is 1. The van der Waals surface area contributed by atoms with Crippen LogP contribution < -0.4 is 5.32 Å². The van der Waals surface area contributed by atoms with E-state index in [2.05, 4.69) is 11.9 Å². The van der Waals surface area contributed by atoms with E-state index in [0.29, 0.717) is 5.69 Å². The first kappa shape index (κ1) is 24.8. The second-order valence-electron chi connectivity index (χ2n) is 6.99. The molecule has 0 spiro atoms. The maximum atomic E-state index is 13.2. The van der Waals surface area contributed by atoms with E-state index < -0.39 is 29.7 Å². The van der Waals surface area contributed by atoms with Crippen LogP contribution in [0.15, 0.2) is 97.2 Å². The molecule has 1 aromatic carbocycles.